The maximum Gasteiger partial charge on any atom is 0.126 e. The van der Waals surface area contributed by atoms with Crippen LogP contribution in [0.3, 0.4) is 0 Å². The van der Waals surface area contributed by atoms with Gasteiger partial charge in [0.2, 0.25) is 0 Å². The molecule has 0 bridgehead atoms. The average Bonchev–Trinajstić information content (AvgIpc) is 2.39. The Morgan fingerprint density at radius 2 is 2.05 bits per heavy atom. The highest BCUT2D eigenvalue weighted by molar-refractivity contribution is 6.30. The van der Waals surface area contributed by atoms with Crippen molar-refractivity contribution in [2.24, 2.45) is 5.92 Å². The molecule has 0 aromatic heterocycles. The molecular weight excluding hydrogens is 261 g/mol. The largest absolute Gasteiger partial charge is 0.314 e. The molecule has 3 heteroatoms. The molecule has 1 nitrogen and oxygen atoms in total. The third-order valence-corrected chi connectivity index (χ3v) is 3.78. The highest BCUT2D eigenvalue weighted by atomic mass is 35.5. The van der Waals surface area contributed by atoms with E-state index in [0.717, 1.165) is 25.8 Å². The van der Waals surface area contributed by atoms with Crippen LogP contribution in [0.2, 0.25) is 5.02 Å². The summed E-state index contributed by atoms with van der Waals surface area (Å²) in [6.07, 6.45) is 4.02. The highest BCUT2D eigenvalue weighted by Gasteiger charge is 2.14. The van der Waals surface area contributed by atoms with Gasteiger partial charge in [-0.15, -0.1) is 0 Å². The Morgan fingerprint density at radius 1 is 1.32 bits per heavy atom. The Morgan fingerprint density at radius 3 is 2.68 bits per heavy atom. The molecule has 0 aliphatic heterocycles. The molecule has 2 unspecified atom stereocenters. The number of rotatable bonds is 8. The lowest BCUT2D eigenvalue weighted by molar-refractivity contribution is 0.388. The molecule has 0 aliphatic carbocycles. The SMILES string of the molecule is CCCNC(Cc1cc(Cl)ccc1F)CC(C)CC. The number of hydrogen-bond donors (Lipinski definition) is 1. The summed E-state index contributed by atoms with van der Waals surface area (Å²) in [6.45, 7) is 7.56. The van der Waals surface area contributed by atoms with Crippen molar-refractivity contribution in [2.45, 2.75) is 52.5 Å². The first-order chi connectivity index (χ1) is 9.06. The molecule has 0 amide bonds. The molecular formula is C16H25ClFN. The van der Waals surface area contributed by atoms with E-state index in [1.165, 1.54) is 6.07 Å². The number of benzene rings is 1. The predicted octanol–water partition coefficient (Wildman–Crippen LogP) is 4.83. The smallest absolute Gasteiger partial charge is 0.126 e. The zero-order valence-corrected chi connectivity index (χ0v) is 12.9. The van der Waals surface area contributed by atoms with Gasteiger partial charge in [0.25, 0.3) is 0 Å². The Balaban J connectivity index is 2.71. The van der Waals surface area contributed by atoms with E-state index in [1.54, 1.807) is 12.1 Å². The Labute approximate surface area is 121 Å². The zero-order chi connectivity index (χ0) is 14.3. The van der Waals surface area contributed by atoms with E-state index in [9.17, 15) is 4.39 Å². The molecule has 0 aliphatic rings. The molecule has 2 atom stereocenters. The van der Waals surface area contributed by atoms with Crippen LogP contribution in [-0.2, 0) is 6.42 Å². The van der Waals surface area contributed by atoms with Crippen LogP contribution in [0.15, 0.2) is 18.2 Å². The topological polar surface area (TPSA) is 12.0 Å². The van der Waals surface area contributed by atoms with Crippen LogP contribution in [0.25, 0.3) is 0 Å². The van der Waals surface area contributed by atoms with Gasteiger partial charge in [0, 0.05) is 11.1 Å². The average molecular weight is 286 g/mol. The first kappa shape index (κ1) is 16.5. The Hall–Kier alpha value is -0.600. The van der Waals surface area contributed by atoms with Crippen LogP contribution in [0.4, 0.5) is 4.39 Å². The minimum Gasteiger partial charge on any atom is -0.314 e. The van der Waals surface area contributed by atoms with Crippen molar-refractivity contribution in [3.63, 3.8) is 0 Å². The zero-order valence-electron chi connectivity index (χ0n) is 12.2. The van der Waals surface area contributed by atoms with Crippen molar-refractivity contribution in [1.82, 2.24) is 5.32 Å². The second-order valence-corrected chi connectivity index (χ2v) is 5.78. The normalized spacial score (nSPS) is 14.4. The van der Waals surface area contributed by atoms with Gasteiger partial charge in [0.1, 0.15) is 5.82 Å². The highest BCUT2D eigenvalue weighted by Crippen LogP contribution is 2.19. The fourth-order valence-corrected chi connectivity index (χ4v) is 2.40. The van der Waals surface area contributed by atoms with Gasteiger partial charge in [-0.2, -0.15) is 0 Å². The molecule has 0 heterocycles. The van der Waals surface area contributed by atoms with Crippen LogP contribution in [0.5, 0.6) is 0 Å². The quantitative estimate of drug-likeness (QED) is 0.722. The molecule has 0 fully saturated rings. The van der Waals surface area contributed by atoms with E-state index in [4.69, 9.17) is 11.6 Å². The summed E-state index contributed by atoms with van der Waals surface area (Å²) in [5.74, 6) is 0.494. The van der Waals surface area contributed by atoms with Gasteiger partial charge in [-0.1, -0.05) is 38.8 Å². The van der Waals surface area contributed by atoms with Crippen LogP contribution in [0.1, 0.15) is 45.6 Å². The van der Waals surface area contributed by atoms with E-state index in [2.05, 4.69) is 26.1 Å². The summed E-state index contributed by atoms with van der Waals surface area (Å²) >= 11 is 5.95. The first-order valence-electron chi connectivity index (χ1n) is 7.24. The van der Waals surface area contributed by atoms with Crippen LogP contribution in [-0.4, -0.2) is 12.6 Å². The second kappa shape index (κ2) is 8.55. The van der Waals surface area contributed by atoms with E-state index >= 15 is 0 Å². The van der Waals surface area contributed by atoms with Crippen molar-refractivity contribution in [1.29, 1.82) is 0 Å². The number of hydrogen-bond acceptors (Lipinski definition) is 1. The molecule has 108 valence electrons. The second-order valence-electron chi connectivity index (χ2n) is 5.34. The van der Waals surface area contributed by atoms with E-state index in [1.807, 2.05) is 0 Å². The first-order valence-corrected chi connectivity index (χ1v) is 7.61. The van der Waals surface area contributed by atoms with Gasteiger partial charge in [-0.3, -0.25) is 0 Å². The van der Waals surface area contributed by atoms with Crippen LogP contribution >= 0.6 is 11.6 Å². The molecule has 1 rings (SSSR count). The lowest BCUT2D eigenvalue weighted by atomic mass is 9.94. The fraction of sp³-hybridized carbons (Fsp3) is 0.625. The summed E-state index contributed by atoms with van der Waals surface area (Å²) in [4.78, 5) is 0. The summed E-state index contributed by atoms with van der Waals surface area (Å²) in [5, 5.41) is 4.13. The fourth-order valence-electron chi connectivity index (χ4n) is 2.20. The maximum absolute atomic E-state index is 13.8. The maximum atomic E-state index is 13.8. The monoisotopic (exact) mass is 285 g/mol. The molecule has 1 aromatic rings. The lowest BCUT2D eigenvalue weighted by Gasteiger charge is -2.22. The van der Waals surface area contributed by atoms with Gasteiger partial charge in [-0.05, 0) is 55.5 Å². The predicted molar refractivity (Wildman–Crippen MR) is 81.3 cm³/mol. The van der Waals surface area contributed by atoms with Gasteiger partial charge in [-0.25, -0.2) is 4.39 Å². The summed E-state index contributed by atoms with van der Waals surface area (Å²) in [6, 6.07) is 5.12. The van der Waals surface area contributed by atoms with Gasteiger partial charge >= 0.3 is 0 Å². The van der Waals surface area contributed by atoms with E-state index in [-0.39, 0.29) is 5.82 Å². The summed E-state index contributed by atoms with van der Waals surface area (Å²) in [7, 11) is 0. The van der Waals surface area contributed by atoms with Crippen molar-refractivity contribution in [3.05, 3.63) is 34.6 Å². The minimum atomic E-state index is -0.156. The van der Waals surface area contributed by atoms with Crippen LogP contribution in [0, 0.1) is 11.7 Å². The molecule has 0 radical (unpaired) electrons. The molecule has 0 saturated heterocycles. The standard InChI is InChI=1S/C16H25ClFN/c1-4-8-19-15(9-12(3)5-2)11-13-10-14(17)6-7-16(13)18/h6-7,10,12,15,19H,4-5,8-9,11H2,1-3H3. The molecule has 0 saturated carbocycles. The summed E-state index contributed by atoms with van der Waals surface area (Å²) in [5.41, 5.74) is 0.712. The molecule has 1 N–H and O–H groups in total. The molecule has 0 spiro atoms. The van der Waals surface area contributed by atoms with E-state index in [0.29, 0.717) is 29.0 Å². The summed E-state index contributed by atoms with van der Waals surface area (Å²) < 4.78 is 13.8. The minimum absolute atomic E-state index is 0.156. The van der Waals surface area contributed by atoms with Gasteiger partial charge in [0.15, 0.2) is 0 Å². The van der Waals surface area contributed by atoms with Crippen molar-refractivity contribution >= 4 is 11.6 Å². The van der Waals surface area contributed by atoms with Crippen molar-refractivity contribution in [2.75, 3.05) is 6.54 Å². The van der Waals surface area contributed by atoms with Crippen molar-refractivity contribution in [3.8, 4) is 0 Å². The molecule has 1 aromatic carbocycles. The van der Waals surface area contributed by atoms with E-state index < -0.39 is 0 Å². The third-order valence-electron chi connectivity index (χ3n) is 3.54. The third kappa shape index (κ3) is 5.92. The van der Waals surface area contributed by atoms with Gasteiger partial charge in [0.05, 0.1) is 0 Å². The van der Waals surface area contributed by atoms with Gasteiger partial charge < -0.3 is 5.32 Å². The van der Waals surface area contributed by atoms with Crippen molar-refractivity contribution < 1.29 is 4.39 Å². The Kier molecular flexibility index (Phi) is 7.40. The number of nitrogens with one attached hydrogen (secondary N) is 1. The molecule has 19 heavy (non-hydrogen) atoms. The number of halogens is 2. The lowest BCUT2D eigenvalue weighted by Crippen LogP contribution is -2.33. The Bertz CT molecular complexity index is 381. The van der Waals surface area contributed by atoms with Crippen LogP contribution < -0.4 is 5.32 Å².